The summed E-state index contributed by atoms with van der Waals surface area (Å²) in [6, 6.07) is 10.1. The van der Waals surface area contributed by atoms with Gasteiger partial charge in [-0.1, -0.05) is 30.3 Å². The lowest BCUT2D eigenvalue weighted by atomic mass is 10.0. The summed E-state index contributed by atoms with van der Waals surface area (Å²) in [5, 5.41) is 0. The average molecular weight is 363 g/mol. The Hall–Kier alpha value is -0.620. The highest BCUT2D eigenvalue weighted by atomic mass is 127. The van der Waals surface area contributed by atoms with Gasteiger partial charge in [0.05, 0.1) is 21.1 Å². The number of esters is 1. The van der Waals surface area contributed by atoms with E-state index in [9.17, 15) is 4.79 Å². The van der Waals surface area contributed by atoms with Crippen molar-refractivity contribution in [3.8, 4) is 0 Å². The summed E-state index contributed by atoms with van der Waals surface area (Å²) in [7, 11) is 6.30. The first-order valence-corrected chi connectivity index (χ1v) is 5.85. The van der Waals surface area contributed by atoms with E-state index in [0.717, 1.165) is 10.0 Å². The van der Waals surface area contributed by atoms with Crippen molar-refractivity contribution in [2.75, 3.05) is 21.1 Å². The van der Waals surface area contributed by atoms with E-state index in [1.165, 1.54) is 6.92 Å². The number of benzene rings is 1. The number of nitrogens with zero attached hydrogens (tertiary/aromatic N) is 1. The molecule has 1 aromatic rings. The van der Waals surface area contributed by atoms with E-state index in [-0.39, 0.29) is 42.1 Å². The van der Waals surface area contributed by atoms with Crippen LogP contribution in [0.1, 0.15) is 25.5 Å². The highest BCUT2D eigenvalue weighted by Gasteiger charge is 2.32. The van der Waals surface area contributed by atoms with Crippen LogP contribution in [0.4, 0.5) is 0 Å². The lowest BCUT2D eigenvalue weighted by Gasteiger charge is -2.36. The molecule has 0 saturated carbocycles. The van der Waals surface area contributed by atoms with E-state index in [2.05, 4.69) is 28.1 Å². The highest BCUT2D eigenvalue weighted by molar-refractivity contribution is 5.66. The number of hydrogen-bond donors (Lipinski definition) is 0. The topological polar surface area (TPSA) is 26.3 Å². The maximum absolute atomic E-state index is 11.2. The Morgan fingerprint density at radius 2 is 1.67 bits per heavy atom. The molecule has 4 heteroatoms. The van der Waals surface area contributed by atoms with Crippen molar-refractivity contribution >= 4 is 5.97 Å². The zero-order valence-electron chi connectivity index (χ0n) is 11.7. The summed E-state index contributed by atoms with van der Waals surface area (Å²) in [6.07, 6.45) is -0.200. The number of ether oxygens (including phenoxy) is 1. The number of hydrogen-bond acceptors (Lipinski definition) is 2. The van der Waals surface area contributed by atoms with E-state index in [1.54, 1.807) is 0 Å². The molecule has 1 rings (SSSR count). The molecule has 0 aliphatic rings. The molecule has 0 aliphatic heterocycles. The second-order valence-corrected chi connectivity index (χ2v) is 5.30. The molecule has 0 fully saturated rings. The molecule has 0 spiro atoms. The van der Waals surface area contributed by atoms with Crippen LogP contribution in [0.3, 0.4) is 0 Å². The smallest absolute Gasteiger partial charge is 0.303 e. The molecule has 0 aromatic heterocycles. The second-order valence-electron chi connectivity index (χ2n) is 5.30. The normalized spacial score (nSPS) is 14.3. The van der Waals surface area contributed by atoms with Gasteiger partial charge in [-0.3, -0.25) is 4.79 Å². The first-order valence-electron chi connectivity index (χ1n) is 5.85. The van der Waals surface area contributed by atoms with E-state index >= 15 is 0 Å². The minimum Gasteiger partial charge on any atom is -1.00 e. The van der Waals surface area contributed by atoms with Crippen LogP contribution < -0.4 is 24.0 Å². The Bertz CT molecular complexity index is 373. The van der Waals surface area contributed by atoms with Crippen molar-refractivity contribution in [2.45, 2.75) is 26.0 Å². The van der Waals surface area contributed by atoms with Crippen LogP contribution in [0.15, 0.2) is 30.3 Å². The predicted molar refractivity (Wildman–Crippen MR) is 68.4 cm³/mol. The molecule has 0 radical (unpaired) electrons. The van der Waals surface area contributed by atoms with Crippen molar-refractivity contribution in [3.05, 3.63) is 35.9 Å². The molecule has 2 unspecified atom stereocenters. The van der Waals surface area contributed by atoms with Crippen LogP contribution in [0.5, 0.6) is 0 Å². The molecular weight excluding hydrogens is 341 g/mol. The number of carbonyl (C=O) groups is 1. The number of likely N-dealkylation sites (N-methyl/N-ethyl adjacent to an activating group) is 1. The van der Waals surface area contributed by atoms with Gasteiger partial charge in [0, 0.05) is 6.92 Å². The third kappa shape index (κ3) is 4.94. The summed E-state index contributed by atoms with van der Waals surface area (Å²) in [5.41, 5.74) is 1.04. The predicted octanol–water partition coefficient (Wildman–Crippen LogP) is -0.610. The monoisotopic (exact) mass is 363 g/mol. The van der Waals surface area contributed by atoms with Crippen LogP contribution in [-0.4, -0.2) is 37.6 Å². The molecule has 1 aromatic carbocycles. The summed E-state index contributed by atoms with van der Waals surface area (Å²) < 4.78 is 6.21. The van der Waals surface area contributed by atoms with Gasteiger partial charge >= 0.3 is 5.97 Å². The summed E-state index contributed by atoms with van der Waals surface area (Å²) in [4.78, 5) is 11.2. The van der Waals surface area contributed by atoms with Gasteiger partial charge in [-0.05, 0) is 12.5 Å². The van der Waals surface area contributed by atoms with Crippen molar-refractivity contribution in [3.63, 3.8) is 0 Å². The van der Waals surface area contributed by atoms with Crippen LogP contribution in [-0.2, 0) is 9.53 Å². The van der Waals surface area contributed by atoms with Crippen LogP contribution in [0.25, 0.3) is 0 Å². The molecule has 0 saturated heterocycles. The maximum atomic E-state index is 11.2. The van der Waals surface area contributed by atoms with E-state index in [1.807, 2.05) is 30.3 Å². The molecule has 18 heavy (non-hydrogen) atoms. The van der Waals surface area contributed by atoms with Gasteiger partial charge in [0.15, 0.2) is 6.10 Å². The first kappa shape index (κ1) is 17.4. The Balaban J connectivity index is 0.00000289. The third-order valence-corrected chi connectivity index (χ3v) is 3.08. The second kappa shape index (κ2) is 7.09. The van der Waals surface area contributed by atoms with Gasteiger partial charge in [-0.15, -0.1) is 0 Å². The zero-order valence-corrected chi connectivity index (χ0v) is 13.8. The van der Waals surface area contributed by atoms with Gasteiger partial charge in [0.2, 0.25) is 0 Å². The van der Waals surface area contributed by atoms with Gasteiger partial charge in [-0.2, -0.15) is 0 Å². The molecule has 0 aliphatic carbocycles. The molecule has 3 nitrogen and oxygen atoms in total. The third-order valence-electron chi connectivity index (χ3n) is 3.08. The van der Waals surface area contributed by atoms with Crippen LogP contribution in [0.2, 0.25) is 0 Å². The van der Waals surface area contributed by atoms with E-state index in [0.29, 0.717) is 0 Å². The summed E-state index contributed by atoms with van der Waals surface area (Å²) in [6.45, 7) is 3.55. The van der Waals surface area contributed by atoms with Crippen molar-refractivity contribution in [1.29, 1.82) is 0 Å². The van der Waals surface area contributed by atoms with E-state index < -0.39 is 0 Å². The highest BCUT2D eigenvalue weighted by Crippen LogP contribution is 2.26. The number of halogens is 1. The Morgan fingerprint density at radius 3 is 2.06 bits per heavy atom. The lowest BCUT2D eigenvalue weighted by molar-refractivity contribution is -0.898. The quantitative estimate of drug-likeness (QED) is 0.405. The fourth-order valence-corrected chi connectivity index (χ4v) is 1.67. The fraction of sp³-hybridized carbons (Fsp3) is 0.500. The van der Waals surface area contributed by atoms with Gasteiger partial charge in [0.25, 0.3) is 0 Å². The minimum atomic E-state index is -0.237. The number of rotatable bonds is 4. The lowest BCUT2D eigenvalue weighted by Crippen LogP contribution is -3.00. The fourth-order valence-electron chi connectivity index (χ4n) is 1.67. The Morgan fingerprint density at radius 1 is 1.17 bits per heavy atom. The average Bonchev–Trinajstić information content (AvgIpc) is 2.24. The van der Waals surface area contributed by atoms with Crippen LogP contribution in [0, 0.1) is 0 Å². The Labute approximate surface area is 127 Å². The Kier molecular flexibility index (Phi) is 6.84. The zero-order chi connectivity index (χ0) is 13.1. The molecule has 0 bridgehead atoms. The standard InChI is InChI=1S/C14H22NO2.HI/c1-11(15(3,4)5)14(17-12(2)16)13-9-7-6-8-10-13;/h6-11,14H,1-5H3;1H/q+1;/p-1. The van der Waals surface area contributed by atoms with Gasteiger partial charge in [0.1, 0.15) is 6.04 Å². The largest absolute Gasteiger partial charge is 1.00 e. The van der Waals surface area contributed by atoms with Crippen LogP contribution >= 0.6 is 0 Å². The molecule has 2 atom stereocenters. The maximum Gasteiger partial charge on any atom is 0.303 e. The number of quaternary nitrogens is 1. The molecule has 0 heterocycles. The number of carbonyl (C=O) groups excluding carboxylic acids is 1. The minimum absolute atomic E-state index is 0. The van der Waals surface area contributed by atoms with Gasteiger partial charge < -0.3 is 33.2 Å². The SMILES string of the molecule is CC(=O)OC(c1ccccc1)C(C)[N+](C)(C)C.[I-]. The van der Waals surface area contributed by atoms with Crippen molar-refractivity contribution < 1.29 is 38.0 Å². The molecular formula is C14H22INO2. The van der Waals surface area contributed by atoms with E-state index in [4.69, 9.17) is 4.74 Å². The molecule has 0 N–H and O–H groups in total. The summed E-state index contributed by atoms with van der Waals surface area (Å²) >= 11 is 0. The first-order chi connectivity index (χ1) is 7.82. The molecule has 102 valence electrons. The summed E-state index contributed by atoms with van der Waals surface area (Å²) in [5.74, 6) is -0.237. The van der Waals surface area contributed by atoms with Gasteiger partial charge in [-0.25, -0.2) is 0 Å². The molecule has 0 amide bonds. The van der Waals surface area contributed by atoms with Crippen molar-refractivity contribution in [2.24, 2.45) is 0 Å². The van der Waals surface area contributed by atoms with Crippen molar-refractivity contribution in [1.82, 2.24) is 0 Å².